The first-order chi connectivity index (χ1) is 8.81. The molecule has 106 valence electrons. The van der Waals surface area contributed by atoms with Crippen LogP contribution >= 0.6 is 0 Å². The zero-order valence-electron chi connectivity index (χ0n) is 11.5. The summed E-state index contributed by atoms with van der Waals surface area (Å²) in [6.07, 6.45) is 0.828. The summed E-state index contributed by atoms with van der Waals surface area (Å²) in [4.78, 5) is 10.4. The largest absolute Gasteiger partial charge is 0.493 e. The number of rotatable bonds is 7. The minimum absolute atomic E-state index is 0.0353. The average Bonchev–Trinajstić information content (AvgIpc) is 2.32. The van der Waals surface area contributed by atoms with Gasteiger partial charge >= 0.3 is 0 Å². The van der Waals surface area contributed by atoms with E-state index in [9.17, 15) is 15.2 Å². The van der Waals surface area contributed by atoms with E-state index in [1.54, 1.807) is 19.9 Å². The highest BCUT2D eigenvalue weighted by Gasteiger charge is 2.14. The van der Waals surface area contributed by atoms with E-state index >= 15 is 0 Å². The molecule has 0 aromatic heterocycles. The highest BCUT2D eigenvalue weighted by Crippen LogP contribution is 2.26. The molecule has 0 unspecified atom stereocenters. The van der Waals surface area contributed by atoms with Crippen LogP contribution in [0.3, 0.4) is 0 Å². The lowest BCUT2D eigenvalue weighted by molar-refractivity contribution is -0.384. The molecule has 6 nitrogen and oxygen atoms in total. The Hall–Kier alpha value is -1.82. The monoisotopic (exact) mass is 268 g/mol. The lowest BCUT2D eigenvalue weighted by Crippen LogP contribution is -2.29. The van der Waals surface area contributed by atoms with E-state index in [0.29, 0.717) is 24.6 Å². The summed E-state index contributed by atoms with van der Waals surface area (Å²) in [6, 6.07) is 4.50. The van der Waals surface area contributed by atoms with E-state index in [-0.39, 0.29) is 5.69 Å². The number of nitrogens with zero attached hydrogens (tertiary/aromatic N) is 1. The van der Waals surface area contributed by atoms with Crippen molar-refractivity contribution in [1.82, 2.24) is 0 Å². The van der Waals surface area contributed by atoms with Gasteiger partial charge in [0.15, 0.2) is 0 Å². The Balaban J connectivity index is 2.89. The van der Waals surface area contributed by atoms with E-state index < -0.39 is 10.5 Å². The maximum absolute atomic E-state index is 10.9. The number of nitro groups is 1. The van der Waals surface area contributed by atoms with Crippen molar-refractivity contribution >= 4 is 11.4 Å². The SMILES string of the molecule is CCCOc1cc(NCC(C)(C)O)cc([N+](=O)[O-])c1. The van der Waals surface area contributed by atoms with Gasteiger partial charge in [0.2, 0.25) is 0 Å². The van der Waals surface area contributed by atoms with Gasteiger partial charge in [-0.3, -0.25) is 10.1 Å². The summed E-state index contributed by atoms with van der Waals surface area (Å²) in [5, 5.41) is 23.5. The molecule has 0 saturated carbocycles. The molecule has 6 heteroatoms. The molecular formula is C13H20N2O4. The number of nitro benzene ring substituents is 1. The van der Waals surface area contributed by atoms with Crippen LogP contribution < -0.4 is 10.1 Å². The van der Waals surface area contributed by atoms with Crippen molar-refractivity contribution in [2.75, 3.05) is 18.5 Å². The minimum Gasteiger partial charge on any atom is -0.493 e. The van der Waals surface area contributed by atoms with Crippen LogP contribution in [0.5, 0.6) is 5.75 Å². The molecule has 2 N–H and O–H groups in total. The minimum atomic E-state index is -0.894. The van der Waals surface area contributed by atoms with Gasteiger partial charge in [-0.1, -0.05) is 6.92 Å². The van der Waals surface area contributed by atoms with Crippen molar-refractivity contribution in [3.63, 3.8) is 0 Å². The molecule has 0 bridgehead atoms. The van der Waals surface area contributed by atoms with Gasteiger partial charge in [0, 0.05) is 24.4 Å². The average molecular weight is 268 g/mol. The second-order valence-electron chi connectivity index (χ2n) is 4.99. The standard InChI is InChI=1S/C13H20N2O4/c1-4-5-19-12-7-10(14-9-13(2,3)16)6-11(8-12)15(17)18/h6-8,14,16H,4-5,9H2,1-3H3. The van der Waals surface area contributed by atoms with Gasteiger partial charge < -0.3 is 15.2 Å². The second-order valence-corrected chi connectivity index (χ2v) is 4.99. The molecule has 0 heterocycles. The predicted molar refractivity (Wildman–Crippen MR) is 73.7 cm³/mol. The molecule has 19 heavy (non-hydrogen) atoms. The fourth-order valence-corrected chi connectivity index (χ4v) is 1.41. The van der Waals surface area contributed by atoms with E-state index in [1.807, 2.05) is 6.92 Å². The summed E-state index contributed by atoms with van der Waals surface area (Å²) in [7, 11) is 0. The smallest absolute Gasteiger partial charge is 0.275 e. The Morgan fingerprint density at radius 3 is 2.63 bits per heavy atom. The molecule has 0 atom stereocenters. The topological polar surface area (TPSA) is 84.6 Å². The third kappa shape index (κ3) is 5.56. The molecule has 0 radical (unpaired) electrons. The van der Waals surface area contributed by atoms with Crippen LogP contribution in [-0.4, -0.2) is 28.8 Å². The highest BCUT2D eigenvalue weighted by molar-refractivity contribution is 5.56. The Kier molecular flexibility index (Phi) is 5.11. The number of ether oxygens (including phenoxy) is 1. The molecule has 0 aliphatic heterocycles. The van der Waals surface area contributed by atoms with Crippen LogP contribution in [-0.2, 0) is 0 Å². The van der Waals surface area contributed by atoms with Crippen molar-refractivity contribution in [3.05, 3.63) is 28.3 Å². The van der Waals surface area contributed by atoms with Crippen molar-refractivity contribution in [2.24, 2.45) is 0 Å². The normalized spacial score (nSPS) is 11.2. The third-order valence-electron chi connectivity index (χ3n) is 2.30. The Morgan fingerprint density at radius 1 is 1.42 bits per heavy atom. The summed E-state index contributed by atoms with van der Waals surface area (Å²) in [5.41, 5.74) is -0.371. The lowest BCUT2D eigenvalue weighted by atomic mass is 10.1. The van der Waals surface area contributed by atoms with Gasteiger partial charge in [0.1, 0.15) is 5.75 Å². The summed E-state index contributed by atoms with van der Waals surface area (Å²) in [6.45, 7) is 6.08. The predicted octanol–water partition coefficient (Wildman–Crippen LogP) is 2.57. The molecule has 1 rings (SSSR count). The first kappa shape index (κ1) is 15.2. The second kappa shape index (κ2) is 6.38. The highest BCUT2D eigenvalue weighted by atomic mass is 16.6. The zero-order valence-corrected chi connectivity index (χ0v) is 11.5. The fourth-order valence-electron chi connectivity index (χ4n) is 1.41. The molecule has 0 spiro atoms. The Bertz CT molecular complexity index is 441. The maximum Gasteiger partial charge on any atom is 0.275 e. The van der Waals surface area contributed by atoms with Crippen molar-refractivity contribution in [2.45, 2.75) is 32.8 Å². The molecule has 0 fully saturated rings. The van der Waals surface area contributed by atoms with Crippen LogP contribution in [0.25, 0.3) is 0 Å². The molecule has 0 saturated heterocycles. The van der Waals surface area contributed by atoms with Gasteiger partial charge in [-0.15, -0.1) is 0 Å². The number of hydrogen-bond acceptors (Lipinski definition) is 5. The van der Waals surface area contributed by atoms with Crippen LogP contribution in [0.15, 0.2) is 18.2 Å². The molecule has 1 aromatic rings. The van der Waals surface area contributed by atoms with Gasteiger partial charge in [-0.2, -0.15) is 0 Å². The van der Waals surface area contributed by atoms with E-state index in [2.05, 4.69) is 5.32 Å². The van der Waals surface area contributed by atoms with Crippen molar-refractivity contribution in [3.8, 4) is 5.75 Å². The Morgan fingerprint density at radius 2 is 2.11 bits per heavy atom. The molecule has 1 aromatic carbocycles. The Labute approximate surface area is 112 Å². The molecule has 0 aliphatic carbocycles. The first-order valence-electron chi connectivity index (χ1n) is 6.20. The third-order valence-corrected chi connectivity index (χ3v) is 2.30. The molecular weight excluding hydrogens is 248 g/mol. The lowest BCUT2D eigenvalue weighted by Gasteiger charge is -2.18. The van der Waals surface area contributed by atoms with Gasteiger partial charge in [-0.05, 0) is 20.3 Å². The quantitative estimate of drug-likeness (QED) is 0.586. The first-order valence-corrected chi connectivity index (χ1v) is 6.20. The number of non-ortho nitro benzene ring substituents is 1. The van der Waals surface area contributed by atoms with E-state index in [0.717, 1.165) is 6.42 Å². The van der Waals surface area contributed by atoms with Crippen LogP contribution in [0, 0.1) is 10.1 Å². The number of hydrogen-bond donors (Lipinski definition) is 2. The van der Waals surface area contributed by atoms with Gasteiger partial charge in [0.25, 0.3) is 5.69 Å². The summed E-state index contributed by atoms with van der Waals surface area (Å²) < 4.78 is 5.41. The van der Waals surface area contributed by atoms with Crippen molar-refractivity contribution in [1.29, 1.82) is 0 Å². The number of anilines is 1. The summed E-state index contributed by atoms with van der Waals surface area (Å²) >= 11 is 0. The number of nitrogens with one attached hydrogen (secondary N) is 1. The van der Waals surface area contributed by atoms with Crippen molar-refractivity contribution < 1.29 is 14.8 Å². The molecule has 0 amide bonds. The van der Waals surface area contributed by atoms with Crippen LogP contribution in [0.2, 0.25) is 0 Å². The fraction of sp³-hybridized carbons (Fsp3) is 0.538. The number of aliphatic hydroxyl groups is 1. The number of benzene rings is 1. The molecule has 0 aliphatic rings. The van der Waals surface area contributed by atoms with E-state index in [1.165, 1.54) is 12.1 Å². The van der Waals surface area contributed by atoms with E-state index in [4.69, 9.17) is 4.74 Å². The summed E-state index contributed by atoms with van der Waals surface area (Å²) in [5.74, 6) is 0.453. The maximum atomic E-state index is 10.9. The van der Waals surface area contributed by atoms with Gasteiger partial charge in [-0.25, -0.2) is 0 Å². The van der Waals surface area contributed by atoms with Crippen LogP contribution in [0.1, 0.15) is 27.2 Å². The van der Waals surface area contributed by atoms with Gasteiger partial charge in [0.05, 0.1) is 23.2 Å². The van der Waals surface area contributed by atoms with Crippen LogP contribution in [0.4, 0.5) is 11.4 Å². The zero-order chi connectivity index (χ0) is 14.5.